The van der Waals surface area contributed by atoms with Crippen LogP contribution in [0.2, 0.25) is 0 Å². The predicted octanol–water partition coefficient (Wildman–Crippen LogP) is 3.11. The second-order valence-electron chi connectivity index (χ2n) is 7.18. The van der Waals surface area contributed by atoms with E-state index in [1.54, 1.807) is 12.1 Å². The number of ketones is 2. The third-order valence-electron chi connectivity index (χ3n) is 5.29. The fraction of sp³-hybridized carbons (Fsp3) is 0.364. The highest BCUT2D eigenvalue weighted by Gasteiger charge is 2.28. The summed E-state index contributed by atoms with van der Waals surface area (Å²) in [5.74, 6) is -0.536. The second-order valence-corrected chi connectivity index (χ2v) is 7.18. The number of benzene rings is 2. The summed E-state index contributed by atoms with van der Waals surface area (Å²) in [7, 11) is 0. The molecule has 0 aliphatic carbocycles. The van der Waals surface area contributed by atoms with Crippen molar-refractivity contribution in [2.45, 2.75) is 25.7 Å². The van der Waals surface area contributed by atoms with Crippen LogP contribution in [-0.2, 0) is 0 Å². The lowest BCUT2D eigenvalue weighted by Crippen LogP contribution is -3.13. The number of rotatable bonds is 7. The quantitative estimate of drug-likeness (QED) is 0.759. The molecule has 1 N–H and O–H groups in total. The Hall–Kier alpha value is -2.40. The number of likely N-dealkylation sites (tertiary alicyclic amines) is 1. The Balaban J connectivity index is 1.40. The van der Waals surface area contributed by atoms with Crippen LogP contribution in [0.5, 0.6) is 0 Å². The summed E-state index contributed by atoms with van der Waals surface area (Å²) >= 11 is 0. The number of quaternary nitrogens is 1. The van der Waals surface area contributed by atoms with Crippen LogP contribution in [0.15, 0.2) is 48.5 Å². The van der Waals surface area contributed by atoms with Gasteiger partial charge in [-0.3, -0.25) is 9.59 Å². The Labute approximate surface area is 158 Å². The van der Waals surface area contributed by atoms with Crippen molar-refractivity contribution in [1.29, 1.82) is 0 Å². The van der Waals surface area contributed by atoms with Crippen LogP contribution in [0.25, 0.3) is 0 Å². The average molecular weight is 372 g/mol. The van der Waals surface area contributed by atoms with E-state index >= 15 is 0 Å². The van der Waals surface area contributed by atoms with Gasteiger partial charge in [-0.05, 0) is 48.5 Å². The Morgan fingerprint density at radius 2 is 1.37 bits per heavy atom. The predicted molar refractivity (Wildman–Crippen MR) is 99.0 cm³/mol. The summed E-state index contributed by atoms with van der Waals surface area (Å²) in [6, 6.07) is 11.4. The first-order chi connectivity index (χ1) is 13.0. The first-order valence-corrected chi connectivity index (χ1v) is 9.45. The first-order valence-electron chi connectivity index (χ1n) is 9.45. The van der Waals surface area contributed by atoms with Crippen LogP contribution in [0.1, 0.15) is 46.4 Å². The van der Waals surface area contributed by atoms with Crippen molar-refractivity contribution in [2.75, 3.05) is 19.6 Å². The Kier molecular flexibility index (Phi) is 6.45. The zero-order chi connectivity index (χ0) is 19.2. The number of hydrogen-bond donors (Lipinski definition) is 1. The van der Waals surface area contributed by atoms with Gasteiger partial charge in [0.2, 0.25) is 0 Å². The SMILES string of the molecule is O=C(CCC[NH+]1CCC(C(=O)c2ccc(F)cc2)CC1)c1ccc(F)cc1. The van der Waals surface area contributed by atoms with E-state index in [4.69, 9.17) is 0 Å². The number of Topliss-reactive ketones (excluding diaryl/α,β-unsaturated/α-hetero) is 2. The van der Waals surface area contributed by atoms with Crippen LogP contribution < -0.4 is 4.90 Å². The first kappa shape index (κ1) is 19.4. The molecule has 1 fully saturated rings. The van der Waals surface area contributed by atoms with Crippen LogP contribution in [0, 0.1) is 17.6 Å². The molecule has 0 atom stereocenters. The molecule has 0 aromatic heterocycles. The molecule has 0 bridgehead atoms. The second kappa shape index (κ2) is 9.00. The van der Waals surface area contributed by atoms with E-state index in [-0.39, 0.29) is 29.1 Å². The molecule has 2 aromatic carbocycles. The maximum atomic E-state index is 13.0. The van der Waals surface area contributed by atoms with Gasteiger partial charge in [-0.15, -0.1) is 0 Å². The average Bonchev–Trinajstić information content (AvgIpc) is 2.69. The Morgan fingerprint density at radius 1 is 0.852 bits per heavy atom. The molecule has 1 aliphatic rings. The lowest BCUT2D eigenvalue weighted by Gasteiger charge is -2.28. The largest absolute Gasteiger partial charge is 0.335 e. The summed E-state index contributed by atoms with van der Waals surface area (Å²) in [5.41, 5.74) is 1.13. The normalized spacial score (nSPS) is 19.6. The van der Waals surface area contributed by atoms with Gasteiger partial charge in [0.25, 0.3) is 0 Å². The Morgan fingerprint density at radius 3 is 1.93 bits per heavy atom. The molecule has 3 nitrogen and oxygen atoms in total. The number of carbonyl (C=O) groups excluding carboxylic acids is 2. The van der Waals surface area contributed by atoms with Gasteiger partial charge in [0.1, 0.15) is 11.6 Å². The zero-order valence-electron chi connectivity index (χ0n) is 15.2. The topological polar surface area (TPSA) is 38.6 Å². The molecule has 1 heterocycles. The van der Waals surface area contributed by atoms with Crippen molar-refractivity contribution < 1.29 is 23.3 Å². The highest BCUT2D eigenvalue weighted by Crippen LogP contribution is 2.17. The monoisotopic (exact) mass is 372 g/mol. The molecular formula is C22H24F2NO2+. The van der Waals surface area contributed by atoms with E-state index in [9.17, 15) is 18.4 Å². The maximum absolute atomic E-state index is 13.0. The minimum Gasteiger partial charge on any atom is -0.335 e. The van der Waals surface area contributed by atoms with Crippen molar-refractivity contribution in [3.05, 3.63) is 71.3 Å². The molecule has 0 saturated carbocycles. The van der Waals surface area contributed by atoms with E-state index in [0.29, 0.717) is 17.5 Å². The van der Waals surface area contributed by atoms with Gasteiger partial charge in [0.05, 0.1) is 19.6 Å². The van der Waals surface area contributed by atoms with Crippen LogP contribution in [-0.4, -0.2) is 31.2 Å². The molecule has 0 unspecified atom stereocenters. The fourth-order valence-electron chi connectivity index (χ4n) is 3.67. The number of carbonyl (C=O) groups is 2. The Bertz CT molecular complexity index is 776. The highest BCUT2D eigenvalue weighted by atomic mass is 19.1. The van der Waals surface area contributed by atoms with Crippen molar-refractivity contribution in [3.63, 3.8) is 0 Å². The molecule has 5 heteroatoms. The third kappa shape index (κ3) is 5.30. The van der Waals surface area contributed by atoms with E-state index < -0.39 is 0 Å². The lowest BCUT2D eigenvalue weighted by molar-refractivity contribution is -0.905. The van der Waals surface area contributed by atoms with Crippen molar-refractivity contribution in [2.24, 2.45) is 5.92 Å². The van der Waals surface area contributed by atoms with E-state index in [1.807, 2.05) is 0 Å². The number of nitrogens with one attached hydrogen (secondary N) is 1. The van der Waals surface area contributed by atoms with Crippen LogP contribution >= 0.6 is 0 Å². The summed E-state index contributed by atoms with van der Waals surface area (Å²) in [6.07, 6.45) is 2.87. The highest BCUT2D eigenvalue weighted by molar-refractivity contribution is 5.97. The maximum Gasteiger partial charge on any atom is 0.166 e. The molecule has 1 aliphatic heterocycles. The van der Waals surface area contributed by atoms with Gasteiger partial charge in [0, 0.05) is 42.7 Å². The van der Waals surface area contributed by atoms with Crippen LogP contribution in [0.4, 0.5) is 8.78 Å². The minimum absolute atomic E-state index is 0.0000541. The standard InChI is InChI=1S/C22H23F2NO2/c23-19-7-3-16(4-8-19)21(26)2-1-13-25-14-11-18(12-15-25)22(27)17-5-9-20(24)10-6-17/h3-10,18H,1-2,11-15H2/p+1. The van der Waals surface area contributed by atoms with Gasteiger partial charge in [-0.25, -0.2) is 8.78 Å². The fourth-order valence-corrected chi connectivity index (χ4v) is 3.67. The smallest absolute Gasteiger partial charge is 0.166 e. The van der Waals surface area contributed by atoms with Gasteiger partial charge >= 0.3 is 0 Å². The number of piperidine rings is 1. The van der Waals surface area contributed by atoms with E-state index in [0.717, 1.165) is 38.9 Å². The van der Waals surface area contributed by atoms with Crippen molar-refractivity contribution in [3.8, 4) is 0 Å². The molecule has 27 heavy (non-hydrogen) atoms. The summed E-state index contributed by atoms with van der Waals surface area (Å²) in [4.78, 5) is 26.0. The molecule has 1 saturated heterocycles. The summed E-state index contributed by atoms with van der Waals surface area (Å²) < 4.78 is 25.9. The summed E-state index contributed by atoms with van der Waals surface area (Å²) in [5, 5.41) is 0. The van der Waals surface area contributed by atoms with Crippen molar-refractivity contribution in [1.82, 2.24) is 0 Å². The summed E-state index contributed by atoms with van der Waals surface area (Å²) in [6.45, 7) is 2.70. The van der Waals surface area contributed by atoms with E-state index in [1.165, 1.54) is 41.3 Å². The molecular weight excluding hydrogens is 348 g/mol. The number of hydrogen-bond acceptors (Lipinski definition) is 2. The van der Waals surface area contributed by atoms with Crippen LogP contribution in [0.3, 0.4) is 0 Å². The van der Waals surface area contributed by atoms with Crippen molar-refractivity contribution >= 4 is 11.6 Å². The molecule has 142 valence electrons. The van der Waals surface area contributed by atoms with Gasteiger partial charge < -0.3 is 4.90 Å². The van der Waals surface area contributed by atoms with E-state index in [2.05, 4.69) is 0 Å². The molecule has 3 rings (SSSR count). The van der Waals surface area contributed by atoms with Gasteiger partial charge in [-0.1, -0.05) is 0 Å². The third-order valence-corrected chi connectivity index (χ3v) is 5.29. The van der Waals surface area contributed by atoms with Gasteiger partial charge in [0.15, 0.2) is 11.6 Å². The molecule has 0 spiro atoms. The zero-order valence-corrected chi connectivity index (χ0v) is 15.2. The minimum atomic E-state index is -0.339. The molecule has 2 aromatic rings. The molecule has 0 radical (unpaired) electrons. The molecule has 0 amide bonds. The number of halogens is 2. The van der Waals surface area contributed by atoms with Gasteiger partial charge in [-0.2, -0.15) is 0 Å². The lowest BCUT2D eigenvalue weighted by atomic mass is 9.89.